The molecule has 4 nitrogen and oxygen atoms in total. The maximum atomic E-state index is 12.9. The first-order valence-electron chi connectivity index (χ1n) is 10.5. The molecule has 1 atom stereocenters. The van der Waals surface area contributed by atoms with E-state index in [9.17, 15) is 4.79 Å². The highest BCUT2D eigenvalue weighted by Gasteiger charge is 2.45. The summed E-state index contributed by atoms with van der Waals surface area (Å²) < 4.78 is 0. The first-order valence-corrected chi connectivity index (χ1v) is 10.5. The van der Waals surface area contributed by atoms with Crippen molar-refractivity contribution >= 4 is 22.5 Å². The highest BCUT2D eigenvalue weighted by Crippen LogP contribution is 2.46. The lowest BCUT2D eigenvalue weighted by atomic mass is 9.67. The van der Waals surface area contributed by atoms with Gasteiger partial charge >= 0.3 is 0 Å². The predicted octanol–water partition coefficient (Wildman–Crippen LogP) is 4.47. The van der Waals surface area contributed by atoms with Crippen LogP contribution in [0.4, 0.5) is 5.82 Å². The number of hydrogen-bond donors (Lipinski definition) is 0. The minimum absolute atomic E-state index is 0.0165. The number of hydrogen-bond acceptors (Lipinski definition) is 3. The van der Waals surface area contributed by atoms with Gasteiger partial charge in [0, 0.05) is 38.3 Å². The van der Waals surface area contributed by atoms with E-state index in [-0.39, 0.29) is 17.2 Å². The van der Waals surface area contributed by atoms with Crippen molar-refractivity contribution in [3.05, 3.63) is 72.4 Å². The van der Waals surface area contributed by atoms with Gasteiger partial charge in [0.25, 0.3) is 0 Å². The molecule has 2 saturated heterocycles. The molecule has 2 aliphatic rings. The molecule has 2 aliphatic heterocycles. The first kappa shape index (κ1) is 18.2. The van der Waals surface area contributed by atoms with Crippen LogP contribution in [-0.4, -0.2) is 42.5 Å². The second kappa shape index (κ2) is 7.18. The minimum Gasteiger partial charge on any atom is -0.356 e. The summed E-state index contributed by atoms with van der Waals surface area (Å²) in [4.78, 5) is 22.0. The van der Waals surface area contributed by atoms with E-state index in [0.29, 0.717) is 0 Å². The van der Waals surface area contributed by atoms with Gasteiger partial charge in [0.15, 0.2) is 0 Å². The summed E-state index contributed by atoms with van der Waals surface area (Å²) in [6.45, 7) is 2.85. The Kier molecular flexibility index (Phi) is 4.50. The fraction of sp³-hybridized carbons (Fsp3) is 0.360. The SMILES string of the molecule is CN1CC2(CCN(c3nccc4ccccc34)CC2)CC(c2ccccc2)C1=O. The topological polar surface area (TPSA) is 36.4 Å². The number of piperidine rings is 2. The second-order valence-electron chi connectivity index (χ2n) is 8.70. The third-order valence-electron chi connectivity index (χ3n) is 6.86. The van der Waals surface area contributed by atoms with Crippen molar-refractivity contribution in [1.82, 2.24) is 9.88 Å². The van der Waals surface area contributed by atoms with Crippen molar-refractivity contribution in [3.63, 3.8) is 0 Å². The summed E-state index contributed by atoms with van der Waals surface area (Å²) in [5.41, 5.74) is 1.35. The van der Waals surface area contributed by atoms with Gasteiger partial charge in [0.2, 0.25) is 5.91 Å². The molecule has 1 amide bonds. The summed E-state index contributed by atoms with van der Waals surface area (Å²) >= 11 is 0. The number of likely N-dealkylation sites (tertiary alicyclic amines) is 1. The number of carbonyl (C=O) groups is 1. The van der Waals surface area contributed by atoms with Crippen LogP contribution in [0.1, 0.15) is 30.7 Å². The Morgan fingerprint density at radius 3 is 2.48 bits per heavy atom. The second-order valence-corrected chi connectivity index (χ2v) is 8.70. The molecule has 2 aromatic carbocycles. The van der Waals surface area contributed by atoms with Crippen LogP contribution in [0.3, 0.4) is 0 Å². The number of fused-ring (bicyclic) bond motifs is 1. The van der Waals surface area contributed by atoms with Crippen molar-refractivity contribution in [2.75, 3.05) is 31.6 Å². The van der Waals surface area contributed by atoms with E-state index >= 15 is 0 Å². The third kappa shape index (κ3) is 3.27. The molecular formula is C25H27N3O. The molecule has 1 aromatic heterocycles. The molecule has 0 N–H and O–H groups in total. The van der Waals surface area contributed by atoms with Gasteiger partial charge in [-0.1, -0.05) is 54.6 Å². The molecule has 29 heavy (non-hydrogen) atoms. The summed E-state index contributed by atoms with van der Waals surface area (Å²) in [7, 11) is 1.97. The Labute approximate surface area is 172 Å². The van der Waals surface area contributed by atoms with E-state index in [1.807, 2.05) is 36.3 Å². The van der Waals surface area contributed by atoms with E-state index in [1.165, 1.54) is 10.8 Å². The maximum Gasteiger partial charge on any atom is 0.229 e. The molecule has 1 unspecified atom stereocenters. The number of likely N-dealkylation sites (N-methyl/N-ethyl adjacent to an activating group) is 1. The van der Waals surface area contributed by atoms with Crippen molar-refractivity contribution in [3.8, 4) is 0 Å². The number of benzene rings is 2. The van der Waals surface area contributed by atoms with Crippen molar-refractivity contribution in [2.45, 2.75) is 25.2 Å². The number of anilines is 1. The number of rotatable bonds is 2. The molecule has 0 saturated carbocycles. The zero-order chi connectivity index (χ0) is 19.8. The van der Waals surface area contributed by atoms with Crippen LogP contribution in [0.2, 0.25) is 0 Å². The molecule has 3 aromatic rings. The Bertz CT molecular complexity index is 1020. The highest BCUT2D eigenvalue weighted by atomic mass is 16.2. The largest absolute Gasteiger partial charge is 0.356 e. The quantitative estimate of drug-likeness (QED) is 0.653. The van der Waals surface area contributed by atoms with Gasteiger partial charge in [-0.05, 0) is 41.7 Å². The number of amides is 1. The fourth-order valence-electron chi connectivity index (χ4n) is 5.29. The predicted molar refractivity (Wildman–Crippen MR) is 117 cm³/mol. The average Bonchev–Trinajstić information content (AvgIpc) is 2.77. The minimum atomic E-state index is -0.0165. The van der Waals surface area contributed by atoms with Crippen LogP contribution in [0.25, 0.3) is 10.8 Å². The molecule has 1 spiro atoms. The lowest BCUT2D eigenvalue weighted by Gasteiger charge is -2.49. The molecule has 0 bridgehead atoms. The van der Waals surface area contributed by atoms with Crippen molar-refractivity contribution in [2.24, 2.45) is 5.41 Å². The molecule has 0 aliphatic carbocycles. The lowest BCUT2D eigenvalue weighted by molar-refractivity contribution is -0.138. The zero-order valence-corrected chi connectivity index (χ0v) is 16.9. The maximum absolute atomic E-state index is 12.9. The van der Waals surface area contributed by atoms with Crippen molar-refractivity contribution in [1.29, 1.82) is 0 Å². The zero-order valence-electron chi connectivity index (χ0n) is 16.9. The molecular weight excluding hydrogens is 358 g/mol. The summed E-state index contributed by atoms with van der Waals surface area (Å²) in [6, 6.07) is 20.9. The molecule has 4 heteroatoms. The normalized spacial score (nSPS) is 21.7. The van der Waals surface area contributed by atoms with E-state index < -0.39 is 0 Å². The number of pyridine rings is 1. The van der Waals surface area contributed by atoms with Crippen LogP contribution >= 0.6 is 0 Å². The Balaban J connectivity index is 1.38. The van der Waals surface area contributed by atoms with E-state index in [1.54, 1.807) is 0 Å². The number of carbonyl (C=O) groups excluding carboxylic acids is 1. The third-order valence-corrected chi connectivity index (χ3v) is 6.86. The van der Waals surface area contributed by atoms with Crippen LogP contribution < -0.4 is 4.90 Å². The molecule has 148 valence electrons. The van der Waals surface area contributed by atoms with E-state index in [4.69, 9.17) is 4.98 Å². The van der Waals surface area contributed by atoms with Gasteiger partial charge < -0.3 is 9.80 Å². The van der Waals surface area contributed by atoms with Gasteiger partial charge in [-0.3, -0.25) is 4.79 Å². The van der Waals surface area contributed by atoms with Crippen LogP contribution in [0.5, 0.6) is 0 Å². The average molecular weight is 386 g/mol. The van der Waals surface area contributed by atoms with Gasteiger partial charge in [0.05, 0.1) is 5.92 Å². The van der Waals surface area contributed by atoms with Gasteiger partial charge in [-0.15, -0.1) is 0 Å². The smallest absolute Gasteiger partial charge is 0.229 e. The van der Waals surface area contributed by atoms with E-state index in [0.717, 1.165) is 50.3 Å². The molecule has 0 radical (unpaired) electrons. The van der Waals surface area contributed by atoms with Crippen LogP contribution in [0.15, 0.2) is 66.9 Å². The number of aromatic nitrogens is 1. The fourth-order valence-corrected chi connectivity index (χ4v) is 5.29. The monoisotopic (exact) mass is 385 g/mol. The molecule has 2 fully saturated rings. The Hall–Kier alpha value is -2.88. The van der Waals surface area contributed by atoms with Gasteiger partial charge in [-0.25, -0.2) is 4.98 Å². The summed E-state index contributed by atoms with van der Waals surface area (Å²) in [5.74, 6) is 1.34. The van der Waals surface area contributed by atoms with Crippen molar-refractivity contribution < 1.29 is 4.79 Å². The molecule has 3 heterocycles. The molecule has 5 rings (SSSR count). The van der Waals surface area contributed by atoms with Gasteiger partial charge in [0.1, 0.15) is 5.82 Å². The standard InChI is InChI=1S/C25H27N3O/c1-27-18-25(17-22(24(27)29)19-7-3-2-4-8-19)12-15-28(16-13-25)23-21-10-6-5-9-20(21)11-14-26-23/h2-11,14,22H,12-13,15-18H2,1H3. The summed E-state index contributed by atoms with van der Waals surface area (Å²) in [6.07, 6.45) is 5.06. The first-order chi connectivity index (χ1) is 14.2. The Morgan fingerprint density at radius 2 is 1.69 bits per heavy atom. The Morgan fingerprint density at radius 1 is 0.966 bits per heavy atom. The van der Waals surface area contributed by atoms with Crippen LogP contribution in [-0.2, 0) is 4.79 Å². The lowest BCUT2D eigenvalue weighted by Crippen LogP contribution is -2.53. The van der Waals surface area contributed by atoms with E-state index in [2.05, 4.69) is 47.4 Å². The number of nitrogens with zero attached hydrogens (tertiary/aromatic N) is 3. The summed E-state index contributed by atoms with van der Waals surface area (Å²) in [5, 5.41) is 2.47. The van der Waals surface area contributed by atoms with Crippen LogP contribution in [0, 0.1) is 5.41 Å². The highest BCUT2D eigenvalue weighted by molar-refractivity contribution is 5.92. The van der Waals surface area contributed by atoms with Gasteiger partial charge in [-0.2, -0.15) is 0 Å².